The summed E-state index contributed by atoms with van der Waals surface area (Å²) in [6, 6.07) is 8.86. The number of aryl methyl sites for hydroxylation is 1. The standard InChI is InChI=1S/C17H11ClFNO3/c1-9-8-10(19)5-6-11(9)13-15(21)14(18)16(23-17(13)22)12-4-2-3-7-20-12/h2-8,21H,1H3. The first-order chi connectivity index (χ1) is 11.0. The highest BCUT2D eigenvalue weighted by molar-refractivity contribution is 6.34. The average molecular weight is 332 g/mol. The zero-order chi connectivity index (χ0) is 16.6. The van der Waals surface area contributed by atoms with Crippen LogP contribution in [0.4, 0.5) is 4.39 Å². The van der Waals surface area contributed by atoms with Crippen LogP contribution in [0.2, 0.25) is 5.02 Å². The van der Waals surface area contributed by atoms with E-state index < -0.39 is 17.2 Å². The number of benzene rings is 1. The second-order valence-corrected chi connectivity index (χ2v) is 5.31. The van der Waals surface area contributed by atoms with Crippen molar-refractivity contribution in [1.82, 2.24) is 4.98 Å². The van der Waals surface area contributed by atoms with Crippen molar-refractivity contribution in [3.8, 4) is 28.3 Å². The summed E-state index contributed by atoms with van der Waals surface area (Å²) in [7, 11) is 0. The van der Waals surface area contributed by atoms with Crippen LogP contribution in [0.25, 0.3) is 22.6 Å². The number of halogens is 2. The highest BCUT2D eigenvalue weighted by Crippen LogP contribution is 2.39. The Morgan fingerprint density at radius 2 is 2.04 bits per heavy atom. The Hall–Kier alpha value is -2.66. The summed E-state index contributed by atoms with van der Waals surface area (Å²) in [6.07, 6.45) is 1.51. The van der Waals surface area contributed by atoms with Gasteiger partial charge in [-0.25, -0.2) is 9.18 Å². The summed E-state index contributed by atoms with van der Waals surface area (Å²) in [4.78, 5) is 16.4. The van der Waals surface area contributed by atoms with Crippen LogP contribution in [0.15, 0.2) is 51.8 Å². The zero-order valence-electron chi connectivity index (χ0n) is 12.0. The minimum atomic E-state index is -0.776. The molecule has 0 saturated carbocycles. The van der Waals surface area contributed by atoms with Crippen LogP contribution in [-0.4, -0.2) is 10.1 Å². The van der Waals surface area contributed by atoms with Gasteiger partial charge in [0.05, 0.1) is 0 Å². The molecule has 2 heterocycles. The largest absolute Gasteiger partial charge is 0.505 e. The number of hydrogen-bond acceptors (Lipinski definition) is 4. The van der Waals surface area contributed by atoms with Gasteiger partial charge in [0.2, 0.25) is 0 Å². The van der Waals surface area contributed by atoms with Crippen molar-refractivity contribution < 1.29 is 13.9 Å². The van der Waals surface area contributed by atoms with Crippen LogP contribution in [0.1, 0.15) is 5.56 Å². The van der Waals surface area contributed by atoms with Crippen LogP contribution in [0.3, 0.4) is 0 Å². The molecule has 0 amide bonds. The fourth-order valence-corrected chi connectivity index (χ4v) is 2.54. The first kappa shape index (κ1) is 15.2. The third kappa shape index (κ3) is 2.71. The normalized spacial score (nSPS) is 10.7. The van der Waals surface area contributed by atoms with Gasteiger partial charge in [-0.1, -0.05) is 23.7 Å². The molecular formula is C17H11ClFNO3. The van der Waals surface area contributed by atoms with Gasteiger partial charge in [0.1, 0.15) is 22.1 Å². The van der Waals surface area contributed by atoms with Crippen molar-refractivity contribution in [2.75, 3.05) is 0 Å². The van der Waals surface area contributed by atoms with Crippen molar-refractivity contribution >= 4 is 11.6 Å². The zero-order valence-corrected chi connectivity index (χ0v) is 12.8. The van der Waals surface area contributed by atoms with E-state index in [0.29, 0.717) is 16.8 Å². The first-order valence-corrected chi connectivity index (χ1v) is 7.10. The summed E-state index contributed by atoms with van der Waals surface area (Å²) in [5, 5.41) is 10.2. The number of nitrogens with zero attached hydrogens (tertiary/aromatic N) is 1. The molecule has 3 aromatic rings. The van der Waals surface area contributed by atoms with Crippen molar-refractivity contribution in [1.29, 1.82) is 0 Å². The summed E-state index contributed by atoms with van der Waals surface area (Å²) >= 11 is 6.14. The molecule has 3 rings (SSSR count). The molecule has 1 N–H and O–H groups in total. The lowest BCUT2D eigenvalue weighted by Crippen LogP contribution is -2.06. The minimum Gasteiger partial charge on any atom is -0.505 e. The highest BCUT2D eigenvalue weighted by atomic mass is 35.5. The predicted octanol–water partition coefficient (Wildman–Crippen LogP) is 4.18. The van der Waals surface area contributed by atoms with Crippen LogP contribution >= 0.6 is 11.6 Å². The summed E-state index contributed by atoms with van der Waals surface area (Å²) in [5.74, 6) is -0.872. The Balaban J connectivity index is 2.26. The van der Waals surface area contributed by atoms with Gasteiger partial charge in [-0.15, -0.1) is 0 Å². The van der Waals surface area contributed by atoms with Crippen LogP contribution in [0, 0.1) is 12.7 Å². The molecule has 0 aliphatic carbocycles. The Morgan fingerprint density at radius 3 is 2.70 bits per heavy atom. The molecule has 116 valence electrons. The molecule has 0 unspecified atom stereocenters. The van der Waals surface area contributed by atoms with Crippen molar-refractivity contribution in [3.05, 3.63) is 69.4 Å². The van der Waals surface area contributed by atoms with Gasteiger partial charge in [-0.2, -0.15) is 0 Å². The van der Waals surface area contributed by atoms with Crippen molar-refractivity contribution in [2.45, 2.75) is 6.92 Å². The Morgan fingerprint density at radius 1 is 1.26 bits per heavy atom. The molecule has 0 bridgehead atoms. The molecule has 0 aliphatic rings. The smallest absolute Gasteiger partial charge is 0.348 e. The van der Waals surface area contributed by atoms with E-state index in [1.54, 1.807) is 25.1 Å². The predicted molar refractivity (Wildman–Crippen MR) is 85.0 cm³/mol. The highest BCUT2D eigenvalue weighted by Gasteiger charge is 2.22. The van der Waals surface area contributed by atoms with E-state index in [-0.39, 0.29) is 16.3 Å². The average Bonchev–Trinajstić information content (AvgIpc) is 2.54. The second kappa shape index (κ2) is 5.85. The topological polar surface area (TPSA) is 63.3 Å². The van der Waals surface area contributed by atoms with E-state index in [2.05, 4.69) is 4.98 Å². The summed E-state index contributed by atoms with van der Waals surface area (Å²) < 4.78 is 18.5. The summed E-state index contributed by atoms with van der Waals surface area (Å²) in [6.45, 7) is 1.62. The third-order valence-electron chi connectivity index (χ3n) is 3.40. The van der Waals surface area contributed by atoms with Gasteiger partial charge in [0.15, 0.2) is 11.5 Å². The van der Waals surface area contributed by atoms with Crippen LogP contribution in [0.5, 0.6) is 5.75 Å². The van der Waals surface area contributed by atoms with E-state index in [1.165, 1.54) is 24.4 Å². The molecule has 2 aromatic heterocycles. The monoisotopic (exact) mass is 331 g/mol. The number of hydrogen-bond donors (Lipinski definition) is 1. The minimum absolute atomic E-state index is 0.0155. The molecule has 4 nitrogen and oxygen atoms in total. The van der Waals surface area contributed by atoms with Crippen LogP contribution < -0.4 is 5.63 Å². The Kier molecular flexibility index (Phi) is 3.88. The fourth-order valence-electron chi connectivity index (χ4n) is 2.31. The first-order valence-electron chi connectivity index (χ1n) is 6.72. The number of aromatic hydroxyl groups is 1. The SMILES string of the molecule is Cc1cc(F)ccc1-c1c(O)c(Cl)c(-c2ccccn2)oc1=O. The second-order valence-electron chi connectivity index (χ2n) is 4.93. The molecule has 0 saturated heterocycles. The molecule has 0 spiro atoms. The molecule has 0 fully saturated rings. The quantitative estimate of drug-likeness (QED) is 0.765. The van der Waals surface area contributed by atoms with Crippen molar-refractivity contribution in [3.63, 3.8) is 0 Å². The Bertz CT molecular complexity index is 939. The lowest BCUT2D eigenvalue weighted by molar-refractivity contribution is 0.456. The van der Waals surface area contributed by atoms with E-state index in [0.717, 1.165) is 0 Å². The molecule has 6 heteroatoms. The molecule has 1 aromatic carbocycles. The van der Waals surface area contributed by atoms with Crippen LogP contribution in [-0.2, 0) is 0 Å². The van der Waals surface area contributed by atoms with Gasteiger partial charge in [-0.05, 0) is 42.3 Å². The Labute approximate surface area is 135 Å². The number of rotatable bonds is 2. The molecule has 23 heavy (non-hydrogen) atoms. The molecule has 0 radical (unpaired) electrons. The third-order valence-corrected chi connectivity index (χ3v) is 3.75. The maximum absolute atomic E-state index is 13.2. The van der Waals surface area contributed by atoms with E-state index in [9.17, 15) is 14.3 Å². The van der Waals surface area contributed by atoms with Gasteiger partial charge >= 0.3 is 5.63 Å². The lowest BCUT2D eigenvalue weighted by Gasteiger charge is -2.10. The van der Waals surface area contributed by atoms with E-state index >= 15 is 0 Å². The van der Waals surface area contributed by atoms with Crippen molar-refractivity contribution in [2.24, 2.45) is 0 Å². The fraction of sp³-hybridized carbons (Fsp3) is 0.0588. The van der Waals surface area contributed by atoms with Gasteiger partial charge in [0, 0.05) is 6.20 Å². The molecule has 0 atom stereocenters. The maximum Gasteiger partial charge on any atom is 0.348 e. The maximum atomic E-state index is 13.2. The van der Waals surface area contributed by atoms with E-state index in [4.69, 9.17) is 16.0 Å². The number of pyridine rings is 1. The van der Waals surface area contributed by atoms with Gasteiger partial charge in [-0.3, -0.25) is 4.98 Å². The molecular weight excluding hydrogens is 321 g/mol. The van der Waals surface area contributed by atoms with Gasteiger partial charge < -0.3 is 9.52 Å². The van der Waals surface area contributed by atoms with Gasteiger partial charge in [0.25, 0.3) is 0 Å². The molecule has 0 aliphatic heterocycles. The van der Waals surface area contributed by atoms with E-state index in [1.807, 2.05) is 0 Å². The summed E-state index contributed by atoms with van der Waals surface area (Å²) in [5.41, 5.74) is 0.281. The number of aromatic nitrogens is 1. The lowest BCUT2D eigenvalue weighted by atomic mass is 10.0.